The highest BCUT2D eigenvalue weighted by Crippen LogP contribution is 2.36. The number of allylic oxidation sites excluding steroid dienone is 3. The smallest absolute Gasteiger partial charge is 0.417 e. The van der Waals surface area contributed by atoms with E-state index in [0.29, 0.717) is 5.76 Å². The third-order valence-electron chi connectivity index (χ3n) is 3.67. The predicted molar refractivity (Wildman–Crippen MR) is 103 cm³/mol. The number of benzene rings is 1. The topological polar surface area (TPSA) is 62.6 Å². The second-order valence-electron chi connectivity index (χ2n) is 5.90. The molecule has 0 radical (unpaired) electrons. The molecule has 0 aliphatic rings. The Morgan fingerprint density at radius 3 is 2.62 bits per heavy atom. The monoisotopic (exact) mass is 426 g/mol. The van der Waals surface area contributed by atoms with E-state index in [-0.39, 0.29) is 18.8 Å². The molecule has 0 aliphatic carbocycles. The normalized spacial score (nSPS) is 11.9. The molecule has 0 spiro atoms. The molecule has 0 saturated heterocycles. The molecule has 1 heterocycles. The number of carbonyl (C=O) groups excluding carboxylic acids is 2. The van der Waals surface area contributed by atoms with Crippen LogP contribution in [0, 0.1) is 0 Å². The van der Waals surface area contributed by atoms with Gasteiger partial charge in [-0.25, -0.2) is 0 Å². The first-order chi connectivity index (χ1) is 13.7. The number of furan rings is 1. The van der Waals surface area contributed by atoms with Gasteiger partial charge in [-0.1, -0.05) is 29.8 Å². The molecule has 29 heavy (non-hydrogen) atoms. The minimum absolute atomic E-state index is 0.0217. The number of nitrogens with zero attached hydrogens (tertiary/aromatic N) is 1. The Labute approximate surface area is 170 Å². The highest BCUT2D eigenvalue weighted by molar-refractivity contribution is 6.31. The number of nitrogens with one attached hydrogen (secondary N) is 1. The van der Waals surface area contributed by atoms with Crippen molar-refractivity contribution in [3.8, 4) is 0 Å². The van der Waals surface area contributed by atoms with E-state index in [2.05, 4.69) is 5.32 Å². The Kier molecular flexibility index (Phi) is 7.67. The first-order valence-corrected chi connectivity index (χ1v) is 8.85. The molecule has 154 valence electrons. The Morgan fingerprint density at radius 1 is 1.24 bits per heavy atom. The zero-order valence-electron chi connectivity index (χ0n) is 15.4. The summed E-state index contributed by atoms with van der Waals surface area (Å²) in [6.45, 7) is 1.42. The van der Waals surface area contributed by atoms with Gasteiger partial charge in [0.25, 0.3) is 0 Å². The number of hydrogen-bond acceptors (Lipinski definition) is 3. The van der Waals surface area contributed by atoms with Crippen LogP contribution in [0.2, 0.25) is 5.02 Å². The van der Waals surface area contributed by atoms with Crippen LogP contribution in [-0.2, 0) is 22.3 Å². The van der Waals surface area contributed by atoms with Crippen molar-refractivity contribution in [3.05, 3.63) is 77.2 Å². The van der Waals surface area contributed by atoms with Gasteiger partial charge in [0.05, 0.1) is 23.4 Å². The van der Waals surface area contributed by atoms with Gasteiger partial charge < -0.3 is 14.6 Å². The summed E-state index contributed by atoms with van der Waals surface area (Å²) < 4.78 is 44.1. The highest BCUT2D eigenvalue weighted by atomic mass is 35.5. The van der Waals surface area contributed by atoms with E-state index in [9.17, 15) is 22.8 Å². The number of alkyl halides is 3. The maximum atomic E-state index is 13.0. The number of hydrogen-bond donors (Lipinski definition) is 1. The molecule has 5 nitrogen and oxygen atoms in total. The molecule has 1 aromatic heterocycles. The van der Waals surface area contributed by atoms with E-state index in [0.717, 1.165) is 12.1 Å². The largest absolute Gasteiger partial charge is 0.467 e. The van der Waals surface area contributed by atoms with Crippen LogP contribution in [0.1, 0.15) is 18.2 Å². The van der Waals surface area contributed by atoms with Crippen LogP contribution in [0.15, 0.2) is 65.3 Å². The maximum absolute atomic E-state index is 13.0. The third kappa shape index (κ3) is 6.83. The van der Waals surface area contributed by atoms with Crippen molar-refractivity contribution < 1.29 is 27.2 Å². The van der Waals surface area contributed by atoms with Crippen molar-refractivity contribution in [2.24, 2.45) is 0 Å². The van der Waals surface area contributed by atoms with Crippen molar-refractivity contribution in [1.29, 1.82) is 0 Å². The van der Waals surface area contributed by atoms with Gasteiger partial charge >= 0.3 is 6.18 Å². The van der Waals surface area contributed by atoms with Gasteiger partial charge in [0, 0.05) is 11.8 Å². The van der Waals surface area contributed by atoms with Crippen LogP contribution >= 0.6 is 11.6 Å². The van der Waals surface area contributed by atoms with Gasteiger partial charge in [0.1, 0.15) is 12.3 Å². The quantitative estimate of drug-likeness (QED) is 0.497. The van der Waals surface area contributed by atoms with Crippen molar-refractivity contribution in [3.63, 3.8) is 0 Å². The standard InChI is InChI=1S/C20H18ClF3N2O3/c1-2-3-4-7-19(28)26(12-15-6-5-10-29-15)13-18(27)25-14-8-9-17(21)16(11-14)20(22,23)24/h2-11H,12-13H2,1H3,(H,25,27)/b3-2+,7-4+. The molecule has 2 amide bonds. The maximum Gasteiger partial charge on any atom is 0.417 e. The first-order valence-electron chi connectivity index (χ1n) is 8.48. The summed E-state index contributed by atoms with van der Waals surface area (Å²) in [6.07, 6.45) is 2.95. The lowest BCUT2D eigenvalue weighted by atomic mass is 10.2. The number of halogens is 4. The number of anilines is 1. The molecule has 2 aromatic rings. The fourth-order valence-electron chi connectivity index (χ4n) is 2.35. The fraction of sp³-hybridized carbons (Fsp3) is 0.200. The summed E-state index contributed by atoms with van der Waals surface area (Å²) in [4.78, 5) is 25.9. The fourth-order valence-corrected chi connectivity index (χ4v) is 2.58. The van der Waals surface area contributed by atoms with Crippen molar-refractivity contribution >= 4 is 29.1 Å². The van der Waals surface area contributed by atoms with E-state index in [1.807, 2.05) is 0 Å². The minimum atomic E-state index is -4.66. The highest BCUT2D eigenvalue weighted by Gasteiger charge is 2.33. The SMILES string of the molecule is C/C=C/C=C/C(=O)N(CC(=O)Nc1ccc(Cl)c(C(F)(F)F)c1)Cc1ccco1. The lowest BCUT2D eigenvalue weighted by Crippen LogP contribution is -2.36. The van der Waals surface area contributed by atoms with Crippen LogP contribution in [0.25, 0.3) is 0 Å². The van der Waals surface area contributed by atoms with Gasteiger partial charge in [-0.3, -0.25) is 9.59 Å². The lowest BCUT2D eigenvalue weighted by Gasteiger charge is -2.20. The molecule has 0 saturated carbocycles. The van der Waals surface area contributed by atoms with E-state index < -0.39 is 28.6 Å². The van der Waals surface area contributed by atoms with Gasteiger partial charge in [-0.05, 0) is 37.3 Å². The molecule has 1 aromatic carbocycles. The number of amides is 2. The van der Waals surface area contributed by atoms with Crippen LogP contribution in [0.3, 0.4) is 0 Å². The second kappa shape index (κ2) is 9.97. The molecule has 1 N–H and O–H groups in total. The van der Waals surface area contributed by atoms with Crippen LogP contribution < -0.4 is 5.32 Å². The van der Waals surface area contributed by atoms with Gasteiger partial charge in [-0.15, -0.1) is 0 Å². The summed E-state index contributed by atoms with van der Waals surface area (Å²) in [6, 6.07) is 6.32. The first kappa shape index (κ1) is 22.3. The molecule has 0 aliphatic heterocycles. The lowest BCUT2D eigenvalue weighted by molar-refractivity contribution is -0.137. The molecule has 0 bridgehead atoms. The average molecular weight is 427 g/mol. The third-order valence-corrected chi connectivity index (χ3v) is 4.00. The molecular weight excluding hydrogens is 409 g/mol. The van der Waals surface area contributed by atoms with Crippen LogP contribution in [-0.4, -0.2) is 23.3 Å². The predicted octanol–water partition coefficient (Wildman–Crippen LogP) is 5.05. The second-order valence-corrected chi connectivity index (χ2v) is 6.31. The molecule has 0 unspecified atom stereocenters. The number of carbonyl (C=O) groups is 2. The Bertz CT molecular complexity index is 906. The average Bonchev–Trinajstić information content (AvgIpc) is 3.15. The Morgan fingerprint density at radius 2 is 2.00 bits per heavy atom. The van der Waals surface area contributed by atoms with Gasteiger partial charge in [0.15, 0.2) is 0 Å². The zero-order chi connectivity index (χ0) is 21.4. The van der Waals surface area contributed by atoms with E-state index >= 15 is 0 Å². The molecule has 0 fully saturated rings. The summed E-state index contributed by atoms with van der Waals surface area (Å²) in [7, 11) is 0. The van der Waals surface area contributed by atoms with E-state index in [4.69, 9.17) is 16.0 Å². The number of rotatable bonds is 7. The van der Waals surface area contributed by atoms with Gasteiger partial charge in [-0.2, -0.15) is 13.2 Å². The van der Waals surface area contributed by atoms with E-state index in [1.165, 1.54) is 29.4 Å². The molecule has 2 rings (SSSR count). The summed E-state index contributed by atoms with van der Waals surface area (Å²) in [5.74, 6) is -0.669. The molecule has 0 atom stereocenters. The van der Waals surface area contributed by atoms with Crippen molar-refractivity contribution in [2.45, 2.75) is 19.6 Å². The Hall–Kier alpha value is -3.00. The molecular formula is C20H18ClF3N2O3. The summed E-state index contributed by atoms with van der Waals surface area (Å²) in [5, 5.41) is 1.88. The zero-order valence-corrected chi connectivity index (χ0v) is 16.1. The van der Waals surface area contributed by atoms with E-state index in [1.54, 1.807) is 31.2 Å². The molecule has 9 heteroatoms. The van der Waals surface area contributed by atoms with Crippen LogP contribution in [0.5, 0.6) is 0 Å². The summed E-state index contributed by atoms with van der Waals surface area (Å²) >= 11 is 5.57. The van der Waals surface area contributed by atoms with Crippen molar-refractivity contribution in [2.75, 3.05) is 11.9 Å². The summed E-state index contributed by atoms with van der Waals surface area (Å²) in [5.41, 5.74) is -1.14. The van der Waals surface area contributed by atoms with Crippen LogP contribution in [0.4, 0.5) is 18.9 Å². The minimum Gasteiger partial charge on any atom is -0.467 e. The Balaban J connectivity index is 2.13. The van der Waals surface area contributed by atoms with Crippen molar-refractivity contribution in [1.82, 2.24) is 4.90 Å². The van der Waals surface area contributed by atoms with Gasteiger partial charge in [0.2, 0.25) is 11.8 Å².